The van der Waals surface area contributed by atoms with Gasteiger partial charge < -0.3 is 10.2 Å². The molecule has 0 aromatic carbocycles. The summed E-state index contributed by atoms with van der Waals surface area (Å²) in [6.07, 6.45) is 30.7. The SMILES string of the molecule is CCCCCCCCCCCCCOOOCCCCCCCCCCCCC.O=C(O)CCCCC(=O)O. The average molecular weight is 561 g/mol. The molecule has 0 aromatic heterocycles. The summed E-state index contributed by atoms with van der Waals surface area (Å²) >= 11 is 0. The zero-order valence-corrected chi connectivity index (χ0v) is 25.7. The van der Waals surface area contributed by atoms with Crippen LogP contribution in [0.15, 0.2) is 0 Å². The summed E-state index contributed by atoms with van der Waals surface area (Å²) in [5, 5.41) is 21.1. The van der Waals surface area contributed by atoms with Crippen LogP contribution in [0.5, 0.6) is 0 Å². The summed E-state index contributed by atoms with van der Waals surface area (Å²) in [5.74, 6) is -1.74. The molecule has 39 heavy (non-hydrogen) atoms. The molecule has 7 nitrogen and oxygen atoms in total. The summed E-state index contributed by atoms with van der Waals surface area (Å²) in [5.41, 5.74) is 0. The van der Waals surface area contributed by atoms with Crippen LogP contribution in [0, 0.1) is 0 Å². The molecule has 0 unspecified atom stereocenters. The third-order valence-corrected chi connectivity index (χ3v) is 6.79. The fourth-order valence-electron chi connectivity index (χ4n) is 4.30. The van der Waals surface area contributed by atoms with Gasteiger partial charge in [-0.15, -0.1) is 0 Å². The summed E-state index contributed by atoms with van der Waals surface area (Å²) in [4.78, 5) is 30.0. The second kappa shape index (κ2) is 36.8. The third-order valence-electron chi connectivity index (χ3n) is 6.79. The smallest absolute Gasteiger partial charge is 0.303 e. The van der Waals surface area contributed by atoms with Crippen LogP contribution in [0.1, 0.15) is 181 Å². The first kappa shape index (κ1) is 40.0. The van der Waals surface area contributed by atoms with Gasteiger partial charge in [0.15, 0.2) is 0 Å². The topological polar surface area (TPSA) is 102 Å². The molecule has 0 spiro atoms. The predicted molar refractivity (Wildman–Crippen MR) is 160 cm³/mol. The van der Waals surface area contributed by atoms with Gasteiger partial charge in [-0.2, -0.15) is 0 Å². The normalized spacial score (nSPS) is 10.8. The van der Waals surface area contributed by atoms with Gasteiger partial charge in [0, 0.05) is 12.8 Å². The Hall–Kier alpha value is -1.18. The van der Waals surface area contributed by atoms with E-state index in [1.165, 1.54) is 128 Å². The van der Waals surface area contributed by atoms with Crippen LogP contribution in [-0.4, -0.2) is 35.4 Å². The molecule has 0 rings (SSSR count). The molecule has 7 heteroatoms. The largest absolute Gasteiger partial charge is 0.481 e. The molecule has 234 valence electrons. The highest BCUT2D eigenvalue weighted by molar-refractivity contribution is 5.67. The standard InChI is InChI=1S/C26H54O3.C6H10O4/c1-3-5-7-9-11-13-15-17-19-21-23-25-27-29-28-26-24-22-20-18-16-14-12-10-8-6-4-2;7-5(8)3-1-2-4-6(9)10/h3-26H2,1-2H3;1-4H2,(H,7,8)(H,9,10). The van der Waals surface area contributed by atoms with Gasteiger partial charge in [-0.05, 0) is 25.7 Å². The summed E-state index contributed by atoms with van der Waals surface area (Å²) in [7, 11) is 0. The molecule has 0 fully saturated rings. The van der Waals surface area contributed by atoms with Crippen molar-refractivity contribution >= 4 is 11.9 Å². The van der Waals surface area contributed by atoms with Crippen molar-refractivity contribution in [3.05, 3.63) is 0 Å². The Balaban J connectivity index is 0. The quantitative estimate of drug-likeness (QED) is 0.0494. The zero-order valence-electron chi connectivity index (χ0n) is 25.7. The van der Waals surface area contributed by atoms with E-state index in [0.29, 0.717) is 26.1 Å². The van der Waals surface area contributed by atoms with E-state index in [1.807, 2.05) is 0 Å². The number of hydrogen-bond acceptors (Lipinski definition) is 5. The highest BCUT2D eigenvalue weighted by atomic mass is 17.5. The number of rotatable bonds is 31. The Bertz CT molecular complexity index is 443. The molecule has 0 amide bonds. The molecule has 0 aliphatic rings. The molecule has 0 atom stereocenters. The lowest BCUT2D eigenvalue weighted by atomic mass is 10.1. The second-order valence-electron chi connectivity index (χ2n) is 10.8. The monoisotopic (exact) mass is 560 g/mol. The lowest BCUT2D eigenvalue weighted by Crippen LogP contribution is -2.00. The minimum Gasteiger partial charge on any atom is -0.481 e. The number of carboxylic acids is 2. The van der Waals surface area contributed by atoms with Gasteiger partial charge in [0.05, 0.1) is 13.2 Å². The molecule has 0 saturated heterocycles. The number of carbonyl (C=O) groups is 2. The first-order valence-corrected chi connectivity index (χ1v) is 16.4. The summed E-state index contributed by atoms with van der Waals surface area (Å²) in [6, 6.07) is 0. The van der Waals surface area contributed by atoms with Crippen molar-refractivity contribution in [3.63, 3.8) is 0 Å². The van der Waals surface area contributed by atoms with Crippen LogP contribution in [0.2, 0.25) is 0 Å². The minimum atomic E-state index is -0.870. The van der Waals surface area contributed by atoms with Crippen molar-refractivity contribution in [2.45, 2.75) is 181 Å². The molecule has 0 aliphatic carbocycles. The predicted octanol–water partition coefficient (Wildman–Crippen LogP) is 10.2. The van der Waals surface area contributed by atoms with E-state index in [1.54, 1.807) is 0 Å². The summed E-state index contributed by atoms with van der Waals surface area (Å²) in [6.45, 7) is 5.85. The zero-order chi connectivity index (χ0) is 29.1. The first-order valence-electron chi connectivity index (χ1n) is 16.4. The first-order chi connectivity index (χ1) is 19.0. The fraction of sp³-hybridized carbons (Fsp3) is 0.938. The molecular weight excluding hydrogens is 496 g/mol. The Morgan fingerprint density at radius 2 is 0.667 bits per heavy atom. The van der Waals surface area contributed by atoms with Crippen LogP contribution in [-0.2, 0) is 24.4 Å². The molecule has 0 aromatic rings. The molecule has 2 N–H and O–H groups in total. The van der Waals surface area contributed by atoms with Crippen molar-refractivity contribution in [1.82, 2.24) is 0 Å². The molecule has 0 aliphatic heterocycles. The van der Waals surface area contributed by atoms with Gasteiger partial charge in [-0.3, -0.25) is 9.59 Å². The van der Waals surface area contributed by atoms with E-state index in [0.717, 1.165) is 12.8 Å². The van der Waals surface area contributed by atoms with Crippen molar-refractivity contribution in [2.24, 2.45) is 0 Å². The number of hydrogen-bond donors (Lipinski definition) is 2. The number of carboxylic acid groups (broad SMARTS) is 2. The lowest BCUT2D eigenvalue weighted by molar-refractivity contribution is -0.512. The number of unbranched alkanes of at least 4 members (excludes halogenated alkanes) is 21. The molecule has 0 radical (unpaired) electrons. The molecule has 0 bridgehead atoms. The van der Waals surface area contributed by atoms with E-state index in [-0.39, 0.29) is 12.8 Å². The van der Waals surface area contributed by atoms with E-state index < -0.39 is 11.9 Å². The number of aliphatic carboxylic acids is 2. The lowest BCUT2D eigenvalue weighted by Gasteiger charge is -2.05. The van der Waals surface area contributed by atoms with Crippen LogP contribution < -0.4 is 0 Å². The highest BCUT2D eigenvalue weighted by Gasteiger charge is 1.99. The fourth-order valence-corrected chi connectivity index (χ4v) is 4.30. The van der Waals surface area contributed by atoms with E-state index in [4.69, 9.17) is 25.0 Å². The summed E-state index contributed by atoms with van der Waals surface area (Å²) < 4.78 is 0. The Labute approximate surface area is 240 Å². The van der Waals surface area contributed by atoms with Crippen molar-refractivity contribution in [3.8, 4) is 0 Å². The van der Waals surface area contributed by atoms with Crippen LogP contribution >= 0.6 is 0 Å². The Morgan fingerprint density at radius 1 is 0.410 bits per heavy atom. The van der Waals surface area contributed by atoms with Crippen LogP contribution in [0.3, 0.4) is 0 Å². The van der Waals surface area contributed by atoms with Gasteiger partial charge in [0.25, 0.3) is 0 Å². The minimum absolute atomic E-state index is 0.0628. The van der Waals surface area contributed by atoms with Crippen LogP contribution in [0.4, 0.5) is 0 Å². The molecular formula is C32H64O7. The molecule has 0 saturated carbocycles. The van der Waals surface area contributed by atoms with Gasteiger partial charge >= 0.3 is 11.9 Å². The Morgan fingerprint density at radius 3 is 0.923 bits per heavy atom. The van der Waals surface area contributed by atoms with Gasteiger partial charge in [0.2, 0.25) is 0 Å². The van der Waals surface area contributed by atoms with Gasteiger partial charge in [-0.1, -0.05) is 147 Å². The van der Waals surface area contributed by atoms with Gasteiger partial charge in [0.1, 0.15) is 0 Å². The maximum atomic E-state index is 9.90. The van der Waals surface area contributed by atoms with Crippen molar-refractivity contribution in [2.75, 3.05) is 13.2 Å². The van der Waals surface area contributed by atoms with Gasteiger partial charge in [-0.25, -0.2) is 9.78 Å². The second-order valence-corrected chi connectivity index (χ2v) is 10.8. The van der Waals surface area contributed by atoms with E-state index in [9.17, 15) is 9.59 Å². The van der Waals surface area contributed by atoms with Crippen molar-refractivity contribution in [1.29, 1.82) is 0 Å². The van der Waals surface area contributed by atoms with E-state index >= 15 is 0 Å². The Kier molecular flexibility index (Phi) is 37.7. The third kappa shape index (κ3) is 44.1. The molecule has 0 heterocycles. The van der Waals surface area contributed by atoms with Crippen molar-refractivity contribution < 1.29 is 34.6 Å². The maximum absolute atomic E-state index is 9.90. The average Bonchev–Trinajstić information content (AvgIpc) is 2.91. The van der Waals surface area contributed by atoms with Crippen LogP contribution in [0.25, 0.3) is 0 Å². The maximum Gasteiger partial charge on any atom is 0.303 e. The van der Waals surface area contributed by atoms with E-state index in [2.05, 4.69) is 13.8 Å². The highest BCUT2D eigenvalue weighted by Crippen LogP contribution is 2.12.